The smallest absolute Gasteiger partial charge is 0.317 e. The van der Waals surface area contributed by atoms with E-state index in [0.717, 1.165) is 76.6 Å². The summed E-state index contributed by atoms with van der Waals surface area (Å²) in [6.45, 7) is 11.8. The lowest BCUT2D eigenvalue weighted by Crippen LogP contribution is -2.54. The molecule has 3 aliphatic rings. The topological polar surface area (TPSA) is 42.1 Å². The average molecular weight is 496 g/mol. The second-order valence-electron chi connectivity index (χ2n) is 10.4. The molecule has 2 heterocycles. The summed E-state index contributed by atoms with van der Waals surface area (Å²) in [7, 11) is 2.20. The lowest BCUT2D eigenvalue weighted by Gasteiger charge is -2.39. The van der Waals surface area contributed by atoms with Gasteiger partial charge in [-0.3, -0.25) is 0 Å². The van der Waals surface area contributed by atoms with Crippen molar-refractivity contribution >= 4 is 29.0 Å². The number of nitrogens with one attached hydrogen (secondary N) is 1. The van der Waals surface area contributed by atoms with Gasteiger partial charge in [0, 0.05) is 74.8 Å². The Kier molecular flexibility index (Phi) is 7.12. The number of likely N-dealkylation sites (N-methyl/N-ethyl adjacent to an activating group) is 1. The quantitative estimate of drug-likeness (QED) is 0.696. The predicted molar refractivity (Wildman–Crippen MR) is 145 cm³/mol. The SMILES string of the molecule is Cc1cc(Cl)ccc1N1CCN(C(=O)N[C@H]2CCc3c(C)ccc(N4CCN(C)CC4)c3C2)CC1. The van der Waals surface area contributed by atoms with E-state index in [1.165, 1.54) is 33.6 Å². The average Bonchev–Trinajstić information content (AvgIpc) is 2.85. The predicted octanol–water partition coefficient (Wildman–Crippen LogP) is 4.10. The maximum absolute atomic E-state index is 13.2. The molecule has 2 fully saturated rings. The number of anilines is 2. The molecule has 1 atom stereocenters. The van der Waals surface area contributed by atoms with Crippen LogP contribution in [0.2, 0.25) is 5.02 Å². The Morgan fingerprint density at radius 2 is 1.51 bits per heavy atom. The Bertz CT molecular complexity index is 1070. The van der Waals surface area contributed by atoms with E-state index in [1.54, 1.807) is 0 Å². The summed E-state index contributed by atoms with van der Waals surface area (Å²) in [4.78, 5) is 22.5. The summed E-state index contributed by atoms with van der Waals surface area (Å²) in [5.74, 6) is 0. The molecule has 0 aromatic heterocycles. The zero-order chi connectivity index (χ0) is 24.5. The van der Waals surface area contributed by atoms with Gasteiger partial charge in [0.15, 0.2) is 0 Å². The molecule has 5 rings (SSSR count). The Morgan fingerprint density at radius 3 is 2.23 bits per heavy atom. The molecule has 6 nitrogen and oxygen atoms in total. The molecular weight excluding hydrogens is 458 g/mol. The highest BCUT2D eigenvalue weighted by Gasteiger charge is 2.29. The van der Waals surface area contributed by atoms with Crippen LogP contribution in [0.3, 0.4) is 0 Å². The second kappa shape index (κ2) is 10.3. The normalized spacial score (nSPS) is 21.1. The summed E-state index contributed by atoms with van der Waals surface area (Å²) < 4.78 is 0. The lowest BCUT2D eigenvalue weighted by atomic mass is 9.84. The first-order valence-corrected chi connectivity index (χ1v) is 13.4. The molecule has 2 aliphatic heterocycles. The Balaban J connectivity index is 1.21. The first-order valence-electron chi connectivity index (χ1n) is 13.0. The summed E-state index contributed by atoms with van der Waals surface area (Å²) in [6, 6.07) is 10.9. The van der Waals surface area contributed by atoms with Crippen molar-refractivity contribution in [3.05, 3.63) is 57.6 Å². The van der Waals surface area contributed by atoms with E-state index < -0.39 is 0 Å². The molecule has 0 spiro atoms. The number of aryl methyl sites for hydroxylation is 2. The van der Waals surface area contributed by atoms with Crippen molar-refractivity contribution in [2.75, 3.05) is 69.2 Å². The Hall–Kier alpha value is -2.44. The zero-order valence-electron chi connectivity index (χ0n) is 21.3. The molecule has 0 radical (unpaired) electrons. The van der Waals surface area contributed by atoms with Gasteiger partial charge in [0.1, 0.15) is 0 Å². The molecule has 2 aromatic rings. The van der Waals surface area contributed by atoms with E-state index in [9.17, 15) is 4.79 Å². The summed E-state index contributed by atoms with van der Waals surface area (Å²) in [5.41, 5.74) is 8.11. The van der Waals surface area contributed by atoms with Crippen LogP contribution in [0.5, 0.6) is 0 Å². The van der Waals surface area contributed by atoms with E-state index in [1.807, 2.05) is 17.0 Å². The third-order valence-corrected chi connectivity index (χ3v) is 8.31. The van der Waals surface area contributed by atoms with Crippen molar-refractivity contribution in [2.24, 2.45) is 0 Å². The number of carbonyl (C=O) groups excluding carboxylic acids is 1. The van der Waals surface area contributed by atoms with Crippen molar-refractivity contribution in [3.63, 3.8) is 0 Å². The van der Waals surface area contributed by atoms with Crippen LogP contribution >= 0.6 is 11.6 Å². The summed E-state index contributed by atoms with van der Waals surface area (Å²) in [6.07, 6.45) is 2.97. The molecule has 2 saturated heterocycles. The van der Waals surface area contributed by atoms with Crippen molar-refractivity contribution in [3.8, 4) is 0 Å². The monoisotopic (exact) mass is 495 g/mol. The molecule has 2 amide bonds. The van der Waals surface area contributed by atoms with Gasteiger partial charge in [-0.05, 0) is 86.7 Å². The minimum absolute atomic E-state index is 0.0831. The molecule has 188 valence electrons. The van der Waals surface area contributed by atoms with Gasteiger partial charge in [-0.1, -0.05) is 17.7 Å². The highest BCUT2D eigenvalue weighted by Crippen LogP contribution is 2.33. The molecule has 7 heteroatoms. The standard InChI is InChI=1S/C28H38ClN5O/c1-20-4-8-27(33-12-10-31(3)11-13-33)25-19-23(6-7-24(20)25)30-28(35)34-16-14-32(15-17-34)26-9-5-22(29)18-21(26)2/h4-5,8-9,18,23H,6-7,10-17,19H2,1-3H3,(H,30,35)/t23-/m0/s1. The first-order chi connectivity index (χ1) is 16.9. The van der Waals surface area contributed by atoms with Gasteiger partial charge >= 0.3 is 6.03 Å². The highest BCUT2D eigenvalue weighted by atomic mass is 35.5. The molecule has 35 heavy (non-hydrogen) atoms. The number of nitrogens with zero attached hydrogens (tertiary/aromatic N) is 4. The van der Waals surface area contributed by atoms with E-state index in [2.05, 4.69) is 59.1 Å². The van der Waals surface area contributed by atoms with E-state index in [0.29, 0.717) is 0 Å². The van der Waals surface area contributed by atoms with Crippen LogP contribution in [0.15, 0.2) is 30.3 Å². The number of benzene rings is 2. The molecular formula is C28H38ClN5O. The van der Waals surface area contributed by atoms with Crippen LogP contribution in [0.4, 0.5) is 16.2 Å². The molecule has 0 bridgehead atoms. The van der Waals surface area contributed by atoms with E-state index in [4.69, 9.17) is 11.6 Å². The van der Waals surface area contributed by atoms with Gasteiger partial charge in [0.05, 0.1) is 0 Å². The number of carbonyl (C=O) groups is 1. The third kappa shape index (κ3) is 5.24. The maximum Gasteiger partial charge on any atom is 0.317 e. The van der Waals surface area contributed by atoms with E-state index >= 15 is 0 Å². The van der Waals surface area contributed by atoms with Crippen molar-refractivity contribution in [2.45, 2.75) is 39.2 Å². The highest BCUT2D eigenvalue weighted by molar-refractivity contribution is 6.30. The van der Waals surface area contributed by atoms with Crippen LogP contribution in [0, 0.1) is 13.8 Å². The van der Waals surface area contributed by atoms with Crippen molar-refractivity contribution < 1.29 is 4.79 Å². The van der Waals surface area contributed by atoms with Crippen LogP contribution < -0.4 is 15.1 Å². The largest absolute Gasteiger partial charge is 0.369 e. The minimum Gasteiger partial charge on any atom is -0.369 e. The Labute approximate surface area is 214 Å². The van der Waals surface area contributed by atoms with Crippen molar-refractivity contribution in [1.82, 2.24) is 15.1 Å². The van der Waals surface area contributed by atoms with Crippen molar-refractivity contribution in [1.29, 1.82) is 0 Å². The number of hydrogen-bond donors (Lipinski definition) is 1. The fraction of sp³-hybridized carbons (Fsp3) is 0.536. The number of piperazine rings is 2. The maximum atomic E-state index is 13.2. The van der Waals surface area contributed by atoms with Gasteiger partial charge < -0.3 is 24.9 Å². The first kappa shape index (κ1) is 24.3. The van der Waals surface area contributed by atoms with Crippen LogP contribution in [0.25, 0.3) is 0 Å². The third-order valence-electron chi connectivity index (χ3n) is 8.07. The number of rotatable bonds is 3. The van der Waals surface area contributed by atoms with E-state index in [-0.39, 0.29) is 12.1 Å². The molecule has 2 aromatic carbocycles. The summed E-state index contributed by atoms with van der Waals surface area (Å²) >= 11 is 6.13. The fourth-order valence-electron chi connectivity index (χ4n) is 5.90. The number of fused-ring (bicyclic) bond motifs is 1. The van der Waals surface area contributed by atoms with Gasteiger partial charge in [-0.25, -0.2) is 4.79 Å². The molecule has 0 saturated carbocycles. The minimum atomic E-state index is 0.0831. The van der Waals surface area contributed by atoms with Crippen LogP contribution in [0.1, 0.15) is 28.7 Å². The van der Waals surface area contributed by atoms with Gasteiger partial charge in [-0.2, -0.15) is 0 Å². The van der Waals surface area contributed by atoms with Crippen LogP contribution in [-0.2, 0) is 12.8 Å². The van der Waals surface area contributed by atoms with Gasteiger partial charge in [-0.15, -0.1) is 0 Å². The number of amides is 2. The number of halogens is 1. The molecule has 1 N–H and O–H groups in total. The second-order valence-corrected chi connectivity index (χ2v) is 10.9. The lowest BCUT2D eigenvalue weighted by molar-refractivity contribution is 0.189. The molecule has 1 aliphatic carbocycles. The number of hydrogen-bond acceptors (Lipinski definition) is 4. The molecule has 0 unspecified atom stereocenters. The fourth-order valence-corrected chi connectivity index (χ4v) is 6.12. The Morgan fingerprint density at radius 1 is 0.857 bits per heavy atom. The summed E-state index contributed by atoms with van der Waals surface area (Å²) in [5, 5.41) is 4.15. The zero-order valence-corrected chi connectivity index (χ0v) is 22.1. The van der Waals surface area contributed by atoms with Gasteiger partial charge in [0.2, 0.25) is 0 Å². The number of urea groups is 1. The van der Waals surface area contributed by atoms with Crippen LogP contribution in [-0.4, -0.2) is 81.3 Å². The van der Waals surface area contributed by atoms with Gasteiger partial charge in [0.25, 0.3) is 0 Å².